The fourth-order valence-electron chi connectivity index (χ4n) is 2.54. The molecule has 1 aliphatic rings. The molecule has 0 aromatic heterocycles. The third-order valence-electron chi connectivity index (χ3n) is 3.97. The molecule has 0 atom stereocenters. The Hall–Kier alpha value is -2.32. The second-order valence-corrected chi connectivity index (χ2v) is 7.84. The van der Waals surface area contributed by atoms with Gasteiger partial charge in [-0.05, 0) is 42.7 Å². The number of nitrogens with two attached hydrogens (primary N) is 1. The summed E-state index contributed by atoms with van der Waals surface area (Å²) < 4.78 is 53.7. The Balaban J connectivity index is 1.91. The number of carbonyl (C=O) groups excluding carboxylic acids is 1. The van der Waals surface area contributed by atoms with E-state index in [1.165, 1.54) is 16.4 Å². The van der Waals surface area contributed by atoms with Crippen molar-refractivity contribution in [3.8, 4) is 0 Å². The average Bonchev–Trinajstić information content (AvgIpc) is 3.36. The summed E-state index contributed by atoms with van der Waals surface area (Å²) in [6.07, 6.45) is 1.38. The van der Waals surface area contributed by atoms with E-state index >= 15 is 0 Å². The first-order valence-corrected chi connectivity index (χ1v) is 9.08. The van der Waals surface area contributed by atoms with Gasteiger partial charge >= 0.3 is 0 Å². The summed E-state index contributed by atoms with van der Waals surface area (Å²) in [5, 5.41) is 0. The zero-order valence-corrected chi connectivity index (χ0v) is 14.0. The van der Waals surface area contributed by atoms with Gasteiger partial charge in [0.25, 0.3) is 0 Å². The molecule has 0 aliphatic heterocycles. The van der Waals surface area contributed by atoms with Crippen LogP contribution in [0.15, 0.2) is 47.4 Å². The summed E-state index contributed by atoms with van der Waals surface area (Å²) in [4.78, 5) is 10.7. The van der Waals surface area contributed by atoms with E-state index in [-0.39, 0.29) is 12.6 Å². The molecule has 1 amide bonds. The molecule has 2 aromatic carbocycles. The highest BCUT2D eigenvalue weighted by molar-refractivity contribution is 7.89. The van der Waals surface area contributed by atoms with E-state index in [0.717, 1.165) is 12.1 Å². The molecule has 25 heavy (non-hydrogen) atoms. The molecule has 5 nitrogen and oxygen atoms in total. The van der Waals surface area contributed by atoms with Crippen LogP contribution >= 0.6 is 0 Å². The van der Waals surface area contributed by atoms with Crippen LogP contribution in [0.1, 0.15) is 28.8 Å². The standard InChI is InChI=1S/C17H16F2N2O3S/c18-13-7-14(19)9-16(8-13)25(23,24)21(15-5-6-15)10-11-1-3-12(4-2-11)17(20)22/h1-4,7-9,15H,5-6,10H2,(H2,20,22). The lowest BCUT2D eigenvalue weighted by molar-refractivity contribution is 0.1000. The third kappa shape index (κ3) is 3.85. The second kappa shape index (κ2) is 6.53. The van der Waals surface area contributed by atoms with Crippen molar-refractivity contribution in [3.63, 3.8) is 0 Å². The summed E-state index contributed by atoms with van der Waals surface area (Å²) in [5.41, 5.74) is 6.15. The van der Waals surface area contributed by atoms with Crippen LogP contribution in [0.2, 0.25) is 0 Å². The van der Waals surface area contributed by atoms with Crippen LogP contribution < -0.4 is 5.73 Å². The zero-order valence-electron chi connectivity index (χ0n) is 13.2. The Labute approximate surface area is 144 Å². The van der Waals surface area contributed by atoms with Gasteiger partial charge in [0.1, 0.15) is 11.6 Å². The minimum atomic E-state index is -4.05. The van der Waals surface area contributed by atoms with Gasteiger partial charge in [-0.3, -0.25) is 4.79 Å². The topological polar surface area (TPSA) is 80.5 Å². The van der Waals surface area contributed by atoms with Crippen molar-refractivity contribution in [3.05, 3.63) is 65.2 Å². The van der Waals surface area contributed by atoms with Gasteiger partial charge in [-0.25, -0.2) is 17.2 Å². The Bertz CT molecular complexity index is 890. The molecule has 8 heteroatoms. The molecule has 0 bridgehead atoms. The second-order valence-electron chi connectivity index (χ2n) is 5.95. The quantitative estimate of drug-likeness (QED) is 0.853. The summed E-state index contributed by atoms with van der Waals surface area (Å²) in [6, 6.07) is 8.28. The molecular weight excluding hydrogens is 350 g/mol. The Kier molecular flexibility index (Phi) is 4.57. The van der Waals surface area contributed by atoms with Crippen LogP contribution in [0.3, 0.4) is 0 Å². The molecular formula is C17H16F2N2O3S. The minimum absolute atomic E-state index is 0.0458. The first-order valence-electron chi connectivity index (χ1n) is 7.64. The van der Waals surface area contributed by atoms with Crippen molar-refractivity contribution in [1.82, 2.24) is 4.31 Å². The molecule has 0 saturated heterocycles. The normalized spacial score (nSPS) is 14.7. The van der Waals surface area contributed by atoms with Crippen molar-refractivity contribution in [2.24, 2.45) is 5.73 Å². The van der Waals surface area contributed by atoms with Crippen LogP contribution in [0, 0.1) is 11.6 Å². The lowest BCUT2D eigenvalue weighted by Gasteiger charge is -2.22. The van der Waals surface area contributed by atoms with Crippen LogP contribution in [0.4, 0.5) is 8.78 Å². The highest BCUT2D eigenvalue weighted by atomic mass is 32.2. The molecule has 1 fully saturated rings. The number of halogens is 2. The van der Waals surface area contributed by atoms with Crippen molar-refractivity contribution in [1.29, 1.82) is 0 Å². The summed E-state index contributed by atoms with van der Waals surface area (Å²) >= 11 is 0. The van der Waals surface area contributed by atoms with E-state index in [0.29, 0.717) is 30.0 Å². The van der Waals surface area contributed by atoms with E-state index < -0.39 is 32.5 Å². The van der Waals surface area contributed by atoms with E-state index in [1.807, 2.05) is 0 Å². The number of amides is 1. The van der Waals surface area contributed by atoms with Crippen LogP contribution in [-0.4, -0.2) is 24.7 Å². The van der Waals surface area contributed by atoms with Gasteiger partial charge in [0.15, 0.2) is 0 Å². The van der Waals surface area contributed by atoms with Gasteiger partial charge in [-0.15, -0.1) is 0 Å². The van der Waals surface area contributed by atoms with Crippen molar-refractivity contribution in [2.45, 2.75) is 30.3 Å². The van der Waals surface area contributed by atoms with Gasteiger partial charge in [0, 0.05) is 24.2 Å². The molecule has 132 valence electrons. The Morgan fingerprint density at radius 2 is 1.64 bits per heavy atom. The Morgan fingerprint density at radius 3 is 2.12 bits per heavy atom. The number of benzene rings is 2. The Morgan fingerprint density at radius 1 is 1.08 bits per heavy atom. The zero-order chi connectivity index (χ0) is 18.2. The fourth-order valence-corrected chi connectivity index (χ4v) is 4.26. The number of primary amides is 1. The van der Waals surface area contributed by atoms with Crippen LogP contribution in [0.5, 0.6) is 0 Å². The largest absolute Gasteiger partial charge is 0.366 e. The van der Waals surface area contributed by atoms with E-state index in [2.05, 4.69) is 0 Å². The molecule has 3 rings (SSSR count). The molecule has 0 unspecified atom stereocenters. The maximum Gasteiger partial charge on any atom is 0.248 e. The maximum atomic E-state index is 13.4. The first-order chi connectivity index (χ1) is 11.8. The van der Waals surface area contributed by atoms with Gasteiger partial charge in [0.05, 0.1) is 4.90 Å². The average molecular weight is 366 g/mol. The molecule has 2 aromatic rings. The monoisotopic (exact) mass is 366 g/mol. The number of sulfonamides is 1. The van der Waals surface area contributed by atoms with E-state index in [4.69, 9.17) is 5.73 Å². The lowest BCUT2D eigenvalue weighted by Crippen LogP contribution is -2.32. The summed E-state index contributed by atoms with van der Waals surface area (Å²) in [7, 11) is -4.05. The van der Waals surface area contributed by atoms with Crippen molar-refractivity contribution < 1.29 is 22.0 Å². The van der Waals surface area contributed by atoms with Crippen LogP contribution in [-0.2, 0) is 16.6 Å². The summed E-state index contributed by atoms with van der Waals surface area (Å²) in [6.45, 7) is 0.0458. The molecule has 0 spiro atoms. The molecule has 2 N–H and O–H groups in total. The maximum absolute atomic E-state index is 13.4. The van der Waals surface area contributed by atoms with E-state index in [9.17, 15) is 22.0 Å². The number of carbonyl (C=O) groups is 1. The molecule has 0 radical (unpaired) electrons. The SMILES string of the molecule is NC(=O)c1ccc(CN(C2CC2)S(=O)(=O)c2cc(F)cc(F)c2)cc1. The lowest BCUT2D eigenvalue weighted by atomic mass is 10.1. The number of nitrogens with zero attached hydrogens (tertiary/aromatic N) is 1. The molecule has 0 heterocycles. The summed E-state index contributed by atoms with van der Waals surface area (Å²) in [5.74, 6) is -2.46. The fraction of sp³-hybridized carbons (Fsp3) is 0.235. The van der Waals surface area contributed by atoms with Gasteiger partial charge < -0.3 is 5.73 Å². The van der Waals surface area contributed by atoms with Gasteiger partial charge in [0.2, 0.25) is 15.9 Å². The molecule has 1 saturated carbocycles. The minimum Gasteiger partial charge on any atom is -0.366 e. The van der Waals surface area contributed by atoms with Crippen molar-refractivity contribution in [2.75, 3.05) is 0 Å². The third-order valence-corrected chi connectivity index (χ3v) is 5.85. The number of rotatable bonds is 6. The first kappa shape index (κ1) is 17.5. The molecule has 1 aliphatic carbocycles. The van der Waals surface area contributed by atoms with E-state index in [1.54, 1.807) is 12.1 Å². The number of hydrogen-bond acceptors (Lipinski definition) is 3. The number of hydrogen-bond donors (Lipinski definition) is 1. The predicted molar refractivity (Wildman–Crippen MR) is 87.1 cm³/mol. The highest BCUT2D eigenvalue weighted by Gasteiger charge is 2.38. The highest BCUT2D eigenvalue weighted by Crippen LogP contribution is 2.34. The van der Waals surface area contributed by atoms with Crippen molar-refractivity contribution >= 4 is 15.9 Å². The smallest absolute Gasteiger partial charge is 0.248 e. The predicted octanol–water partition coefficient (Wildman–Crippen LogP) is 2.42. The van der Waals surface area contributed by atoms with Crippen LogP contribution in [0.25, 0.3) is 0 Å². The van der Waals surface area contributed by atoms with Gasteiger partial charge in [-0.1, -0.05) is 12.1 Å². The van der Waals surface area contributed by atoms with Gasteiger partial charge in [-0.2, -0.15) is 4.31 Å².